The Labute approximate surface area is 138 Å². The van der Waals surface area contributed by atoms with Gasteiger partial charge in [-0.3, -0.25) is 5.41 Å². The first-order chi connectivity index (χ1) is 11.6. The third kappa shape index (κ3) is 1.36. The molecule has 1 aromatic rings. The molecule has 4 aliphatic rings. The molecule has 1 aromatic heterocycles. The molecule has 7 nitrogen and oxygen atoms in total. The van der Waals surface area contributed by atoms with E-state index in [0.29, 0.717) is 18.6 Å². The fourth-order valence-electron chi connectivity index (χ4n) is 4.54. The van der Waals surface area contributed by atoms with Gasteiger partial charge in [-0.1, -0.05) is 6.42 Å². The number of nitrogens with zero attached hydrogens (tertiary/aromatic N) is 3. The number of ether oxygens (including phenoxy) is 2. The van der Waals surface area contributed by atoms with Crippen LogP contribution in [0.4, 0.5) is 0 Å². The van der Waals surface area contributed by atoms with Gasteiger partial charge in [0, 0.05) is 6.42 Å². The van der Waals surface area contributed by atoms with Crippen LogP contribution < -0.4 is 0 Å². The molecule has 4 fully saturated rings. The quantitative estimate of drug-likeness (QED) is 0.846. The highest BCUT2D eigenvalue weighted by Gasteiger charge is 2.80. The summed E-state index contributed by atoms with van der Waals surface area (Å²) in [6.07, 6.45) is 3.07. The Bertz CT molecular complexity index is 813. The van der Waals surface area contributed by atoms with Crippen molar-refractivity contribution in [3.05, 3.63) is 24.2 Å². The molecule has 2 bridgehead atoms. The highest BCUT2D eigenvalue weighted by molar-refractivity contribution is 5.88. The molecule has 120 valence electrons. The molecule has 4 heterocycles. The topological polar surface area (TPSA) is 127 Å². The Morgan fingerprint density at radius 3 is 2.58 bits per heavy atom. The van der Waals surface area contributed by atoms with E-state index in [1.807, 2.05) is 6.07 Å². The number of nitrogens with one attached hydrogen (secondary N) is 1. The summed E-state index contributed by atoms with van der Waals surface area (Å²) in [5.74, 6) is -1.85. The standard InChI is InChI=1S/C17H14N4O3/c18-8-15(9-19)12-5-1-2-6-17(12)23-13(11-4-3-7-22-11)16(15,10-20)14(21)24-17/h3-4,7,12-13,21H,1-2,5-6H2/t12-,13-,16+,17-/m1/s1. The Morgan fingerprint density at radius 1 is 1.17 bits per heavy atom. The predicted octanol–water partition coefficient (Wildman–Crippen LogP) is 2.79. The van der Waals surface area contributed by atoms with E-state index in [1.54, 1.807) is 12.1 Å². The molecular formula is C17H14N4O3. The monoisotopic (exact) mass is 322 g/mol. The zero-order valence-corrected chi connectivity index (χ0v) is 12.8. The summed E-state index contributed by atoms with van der Waals surface area (Å²) >= 11 is 0. The minimum absolute atomic E-state index is 0.322. The van der Waals surface area contributed by atoms with Crippen molar-refractivity contribution in [3.8, 4) is 18.2 Å². The third-order valence-corrected chi connectivity index (χ3v) is 5.62. The van der Waals surface area contributed by atoms with Gasteiger partial charge >= 0.3 is 0 Å². The SMILES string of the molecule is N#CC1(C#N)[C@H]2CCCC[C@@]23OC(=N)[C@]1(C#N)[C@@H](c1ccco1)O3. The average molecular weight is 322 g/mol. The molecule has 3 aliphatic heterocycles. The molecule has 1 spiro atoms. The number of hydrogen-bond acceptors (Lipinski definition) is 7. The number of hydrogen-bond donors (Lipinski definition) is 1. The van der Waals surface area contributed by atoms with E-state index >= 15 is 0 Å². The molecule has 1 N–H and O–H groups in total. The van der Waals surface area contributed by atoms with E-state index in [0.717, 1.165) is 12.8 Å². The second-order valence-corrected chi connectivity index (χ2v) is 6.51. The summed E-state index contributed by atoms with van der Waals surface area (Å²) in [6, 6.07) is 9.47. The maximum absolute atomic E-state index is 10.00. The molecule has 0 aromatic carbocycles. The second-order valence-electron chi connectivity index (χ2n) is 6.51. The van der Waals surface area contributed by atoms with Crippen molar-refractivity contribution in [2.45, 2.75) is 37.6 Å². The smallest absolute Gasteiger partial charge is 0.218 e. The van der Waals surface area contributed by atoms with Crippen LogP contribution in [0.5, 0.6) is 0 Å². The fourth-order valence-corrected chi connectivity index (χ4v) is 4.54. The molecule has 5 rings (SSSR count). The van der Waals surface area contributed by atoms with Crippen molar-refractivity contribution in [2.75, 3.05) is 0 Å². The fraction of sp³-hybridized carbons (Fsp3) is 0.529. The maximum Gasteiger partial charge on any atom is 0.218 e. The lowest BCUT2D eigenvalue weighted by atomic mass is 9.48. The van der Waals surface area contributed by atoms with Gasteiger partial charge < -0.3 is 13.9 Å². The van der Waals surface area contributed by atoms with Crippen molar-refractivity contribution in [2.24, 2.45) is 16.7 Å². The molecule has 0 amide bonds. The van der Waals surface area contributed by atoms with Gasteiger partial charge in [-0.2, -0.15) is 15.8 Å². The van der Waals surface area contributed by atoms with E-state index in [1.165, 1.54) is 6.26 Å². The van der Waals surface area contributed by atoms with Crippen LogP contribution in [-0.2, 0) is 9.47 Å². The van der Waals surface area contributed by atoms with E-state index in [2.05, 4.69) is 12.1 Å². The molecule has 4 atom stereocenters. The zero-order valence-electron chi connectivity index (χ0n) is 12.8. The molecule has 24 heavy (non-hydrogen) atoms. The lowest BCUT2D eigenvalue weighted by Crippen LogP contribution is -2.73. The van der Waals surface area contributed by atoms with Crippen LogP contribution in [0, 0.1) is 56.2 Å². The first-order valence-electron chi connectivity index (χ1n) is 7.83. The van der Waals surface area contributed by atoms with Crippen LogP contribution in [0.15, 0.2) is 22.8 Å². The van der Waals surface area contributed by atoms with Gasteiger partial charge in [0.2, 0.25) is 11.7 Å². The highest BCUT2D eigenvalue weighted by Crippen LogP contribution is 2.69. The van der Waals surface area contributed by atoms with Gasteiger partial charge in [-0.15, -0.1) is 0 Å². The third-order valence-electron chi connectivity index (χ3n) is 5.62. The van der Waals surface area contributed by atoms with E-state index in [4.69, 9.17) is 19.3 Å². The van der Waals surface area contributed by atoms with Crippen LogP contribution in [0.2, 0.25) is 0 Å². The summed E-state index contributed by atoms with van der Waals surface area (Å²) in [6.45, 7) is 0. The van der Waals surface area contributed by atoms with Gasteiger partial charge in [0.1, 0.15) is 11.9 Å². The number of rotatable bonds is 1. The van der Waals surface area contributed by atoms with Crippen molar-refractivity contribution < 1.29 is 13.9 Å². The average Bonchev–Trinajstić information content (AvgIpc) is 3.14. The van der Waals surface area contributed by atoms with Crippen molar-refractivity contribution >= 4 is 5.90 Å². The van der Waals surface area contributed by atoms with Gasteiger partial charge in [0.05, 0.1) is 30.4 Å². The first-order valence-corrected chi connectivity index (χ1v) is 7.83. The van der Waals surface area contributed by atoms with Crippen LogP contribution in [0.1, 0.15) is 37.5 Å². The van der Waals surface area contributed by atoms with Gasteiger partial charge in [-0.05, 0) is 25.0 Å². The largest absolute Gasteiger partial charge is 0.467 e. The van der Waals surface area contributed by atoms with Crippen LogP contribution >= 0.6 is 0 Å². The summed E-state index contributed by atoms with van der Waals surface area (Å²) in [5, 5.41) is 38.3. The second kappa shape index (κ2) is 4.60. The lowest BCUT2D eigenvalue weighted by Gasteiger charge is -2.63. The van der Waals surface area contributed by atoms with E-state index in [9.17, 15) is 15.8 Å². The predicted molar refractivity (Wildman–Crippen MR) is 77.7 cm³/mol. The number of nitriles is 3. The highest BCUT2D eigenvalue weighted by atomic mass is 16.7. The van der Waals surface area contributed by atoms with E-state index < -0.39 is 28.6 Å². The molecule has 0 unspecified atom stereocenters. The molecule has 7 heteroatoms. The Kier molecular flexibility index (Phi) is 2.83. The maximum atomic E-state index is 10.00. The molecule has 1 saturated carbocycles. The van der Waals surface area contributed by atoms with Gasteiger partial charge in [-0.25, -0.2) is 0 Å². The minimum atomic E-state index is -1.85. The Hall–Kier alpha value is -2.82. The van der Waals surface area contributed by atoms with Crippen molar-refractivity contribution in [3.63, 3.8) is 0 Å². The lowest BCUT2D eigenvalue weighted by molar-refractivity contribution is -0.363. The Morgan fingerprint density at radius 2 is 1.96 bits per heavy atom. The molecule has 0 radical (unpaired) electrons. The molecular weight excluding hydrogens is 308 g/mol. The normalized spacial score (nSPS) is 39.0. The van der Waals surface area contributed by atoms with Gasteiger partial charge in [0.15, 0.2) is 10.8 Å². The Balaban J connectivity index is 2.03. The molecule has 1 aliphatic carbocycles. The molecule has 3 saturated heterocycles. The minimum Gasteiger partial charge on any atom is -0.467 e. The summed E-state index contributed by atoms with van der Waals surface area (Å²) < 4.78 is 17.3. The van der Waals surface area contributed by atoms with Crippen molar-refractivity contribution in [1.29, 1.82) is 21.2 Å². The van der Waals surface area contributed by atoms with Crippen LogP contribution in [0.25, 0.3) is 0 Å². The first kappa shape index (κ1) is 14.8. The summed E-state index contributed by atoms with van der Waals surface area (Å²) in [4.78, 5) is 0. The van der Waals surface area contributed by atoms with Gasteiger partial charge in [0.25, 0.3) is 0 Å². The van der Waals surface area contributed by atoms with Crippen LogP contribution in [-0.4, -0.2) is 11.7 Å². The van der Waals surface area contributed by atoms with Crippen LogP contribution in [0.3, 0.4) is 0 Å². The van der Waals surface area contributed by atoms with E-state index in [-0.39, 0.29) is 5.90 Å². The number of furan rings is 1. The number of fused-ring (bicyclic) bond motifs is 2. The zero-order chi connectivity index (χ0) is 17.0. The summed E-state index contributed by atoms with van der Waals surface area (Å²) in [5.41, 5.74) is -3.56. The van der Waals surface area contributed by atoms with Crippen molar-refractivity contribution in [1.82, 2.24) is 0 Å². The summed E-state index contributed by atoms with van der Waals surface area (Å²) in [7, 11) is 0.